The van der Waals surface area contributed by atoms with Gasteiger partial charge in [0.25, 0.3) is 0 Å². The summed E-state index contributed by atoms with van der Waals surface area (Å²) in [5, 5.41) is 3.14. The zero-order valence-corrected chi connectivity index (χ0v) is 10.6. The van der Waals surface area contributed by atoms with Gasteiger partial charge in [-0.1, -0.05) is 0 Å². The molecule has 3 nitrogen and oxygen atoms in total. The van der Waals surface area contributed by atoms with Gasteiger partial charge in [-0.2, -0.15) is 0 Å². The van der Waals surface area contributed by atoms with E-state index in [2.05, 4.69) is 21.2 Å². The summed E-state index contributed by atoms with van der Waals surface area (Å²) in [6.45, 7) is 0.676. The van der Waals surface area contributed by atoms with Crippen LogP contribution in [0.25, 0.3) is 0 Å². The summed E-state index contributed by atoms with van der Waals surface area (Å²) in [5.74, 6) is 0.538. The van der Waals surface area contributed by atoms with Crippen LogP contribution in [-0.2, 0) is 6.42 Å². The molecule has 0 spiro atoms. The van der Waals surface area contributed by atoms with Crippen molar-refractivity contribution in [2.75, 3.05) is 17.6 Å². The van der Waals surface area contributed by atoms with Gasteiger partial charge in [0.15, 0.2) is 0 Å². The Morgan fingerprint density at radius 3 is 2.94 bits per heavy atom. The van der Waals surface area contributed by atoms with Gasteiger partial charge in [-0.15, -0.1) is 0 Å². The van der Waals surface area contributed by atoms with Crippen molar-refractivity contribution in [2.45, 2.75) is 6.42 Å². The van der Waals surface area contributed by atoms with E-state index in [1.54, 1.807) is 12.3 Å². The van der Waals surface area contributed by atoms with E-state index < -0.39 is 0 Å². The van der Waals surface area contributed by atoms with Crippen molar-refractivity contribution < 1.29 is 8.81 Å². The Balaban J connectivity index is 1.97. The molecule has 17 heavy (non-hydrogen) atoms. The van der Waals surface area contributed by atoms with Gasteiger partial charge in [-0.3, -0.25) is 0 Å². The maximum Gasteiger partial charge on any atom is 0.139 e. The Bertz CT molecular complexity index is 499. The molecular weight excluding hydrogens is 287 g/mol. The van der Waals surface area contributed by atoms with Crippen molar-refractivity contribution in [3.8, 4) is 0 Å². The first-order valence-corrected chi connectivity index (χ1v) is 5.97. The van der Waals surface area contributed by atoms with E-state index in [1.807, 2.05) is 12.1 Å². The smallest absolute Gasteiger partial charge is 0.139 e. The topological polar surface area (TPSA) is 51.2 Å². The maximum absolute atomic E-state index is 13.1. The molecule has 1 aromatic heterocycles. The summed E-state index contributed by atoms with van der Waals surface area (Å²) < 4.78 is 18.7. The van der Waals surface area contributed by atoms with Gasteiger partial charge in [0.05, 0.1) is 22.1 Å². The second-order valence-electron chi connectivity index (χ2n) is 3.61. The summed E-state index contributed by atoms with van der Waals surface area (Å²) >= 11 is 3.12. The molecule has 0 aliphatic carbocycles. The number of anilines is 2. The molecule has 2 rings (SSSR count). The Kier molecular flexibility index (Phi) is 3.68. The Morgan fingerprint density at radius 2 is 2.24 bits per heavy atom. The normalized spacial score (nSPS) is 10.5. The largest absolute Gasteiger partial charge is 0.469 e. The number of furan rings is 1. The number of hydrogen-bond donors (Lipinski definition) is 2. The van der Waals surface area contributed by atoms with Crippen molar-refractivity contribution in [3.63, 3.8) is 0 Å². The third-order valence-corrected chi connectivity index (χ3v) is 2.97. The van der Waals surface area contributed by atoms with E-state index in [0.717, 1.165) is 12.2 Å². The first-order valence-electron chi connectivity index (χ1n) is 5.17. The van der Waals surface area contributed by atoms with Crippen LogP contribution in [0.1, 0.15) is 5.76 Å². The fourth-order valence-corrected chi connectivity index (χ4v) is 1.83. The Labute approximate surface area is 107 Å². The molecule has 0 fully saturated rings. The van der Waals surface area contributed by atoms with E-state index in [4.69, 9.17) is 10.2 Å². The minimum atomic E-state index is -0.362. The first-order chi connectivity index (χ1) is 8.16. The highest BCUT2D eigenvalue weighted by molar-refractivity contribution is 9.10. The van der Waals surface area contributed by atoms with E-state index in [-0.39, 0.29) is 5.82 Å². The van der Waals surface area contributed by atoms with E-state index in [0.29, 0.717) is 22.4 Å². The van der Waals surface area contributed by atoms with Crippen molar-refractivity contribution in [1.29, 1.82) is 0 Å². The van der Waals surface area contributed by atoms with Gasteiger partial charge in [-0.25, -0.2) is 4.39 Å². The number of nitrogens with two attached hydrogens (primary N) is 1. The van der Waals surface area contributed by atoms with Gasteiger partial charge in [-0.05, 0) is 34.1 Å². The molecule has 0 bridgehead atoms. The predicted molar refractivity (Wildman–Crippen MR) is 69.4 cm³/mol. The van der Waals surface area contributed by atoms with Crippen molar-refractivity contribution in [3.05, 3.63) is 46.6 Å². The summed E-state index contributed by atoms with van der Waals surface area (Å²) in [5.41, 5.74) is 6.81. The standard InChI is InChI=1S/C12H12BrFN2O/c13-9-6-12(11(15)7-10(9)14)16-4-3-8-2-1-5-17-8/h1-2,5-7,16H,3-4,15H2. The third-order valence-electron chi connectivity index (χ3n) is 2.36. The monoisotopic (exact) mass is 298 g/mol. The van der Waals surface area contributed by atoms with Gasteiger partial charge < -0.3 is 15.5 Å². The number of nitrogen functional groups attached to an aromatic ring is 1. The lowest BCUT2D eigenvalue weighted by atomic mass is 10.2. The molecule has 1 aromatic carbocycles. The SMILES string of the molecule is Nc1cc(F)c(Br)cc1NCCc1ccco1. The quantitative estimate of drug-likeness (QED) is 0.851. The van der Waals surface area contributed by atoms with E-state index in [9.17, 15) is 4.39 Å². The second kappa shape index (κ2) is 5.23. The second-order valence-corrected chi connectivity index (χ2v) is 4.46. The van der Waals surface area contributed by atoms with Gasteiger partial charge in [0.1, 0.15) is 11.6 Å². The molecule has 0 aliphatic heterocycles. The van der Waals surface area contributed by atoms with Crippen LogP contribution in [0.3, 0.4) is 0 Å². The minimum Gasteiger partial charge on any atom is -0.469 e. The number of benzene rings is 1. The molecule has 5 heteroatoms. The van der Waals surface area contributed by atoms with E-state index >= 15 is 0 Å². The Hall–Kier alpha value is -1.49. The molecule has 0 aliphatic rings. The van der Waals surface area contributed by atoms with Crippen LogP contribution in [0.15, 0.2) is 39.4 Å². The van der Waals surface area contributed by atoms with Crippen molar-refractivity contribution in [2.24, 2.45) is 0 Å². The lowest BCUT2D eigenvalue weighted by Gasteiger charge is -2.09. The van der Waals surface area contributed by atoms with Crippen LogP contribution in [0.2, 0.25) is 0 Å². The van der Waals surface area contributed by atoms with Crippen LogP contribution in [0.5, 0.6) is 0 Å². The molecule has 0 amide bonds. The molecular formula is C12H12BrFN2O. The fraction of sp³-hybridized carbons (Fsp3) is 0.167. The fourth-order valence-electron chi connectivity index (χ4n) is 1.49. The number of rotatable bonds is 4. The lowest BCUT2D eigenvalue weighted by molar-refractivity contribution is 0.513. The maximum atomic E-state index is 13.1. The molecule has 0 atom stereocenters. The highest BCUT2D eigenvalue weighted by atomic mass is 79.9. The van der Waals surface area contributed by atoms with Crippen molar-refractivity contribution >= 4 is 27.3 Å². The average Bonchev–Trinajstić information content (AvgIpc) is 2.78. The highest BCUT2D eigenvalue weighted by Crippen LogP contribution is 2.26. The number of halogens is 2. The molecule has 90 valence electrons. The van der Waals surface area contributed by atoms with Crippen LogP contribution in [0, 0.1) is 5.82 Å². The van der Waals surface area contributed by atoms with Gasteiger partial charge in [0.2, 0.25) is 0 Å². The molecule has 0 saturated carbocycles. The Morgan fingerprint density at radius 1 is 1.41 bits per heavy atom. The van der Waals surface area contributed by atoms with Crippen LogP contribution < -0.4 is 11.1 Å². The first kappa shape index (κ1) is 12.0. The summed E-state index contributed by atoms with van der Waals surface area (Å²) in [7, 11) is 0. The van der Waals surface area contributed by atoms with Crippen LogP contribution in [-0.4, -0.2) is 6.54 Å². The lowest BCUT2D eigenvalue weighted by Crippen LogP contribution is -2.06. The zero-order valence-electron chi connectivity index (χ0n) is 9.04. The molecule has 3 N–H and O–H groups in total. The zero-order chi connectivity index (χ0) is 12.3. The van der Waals surface area contributed by atoms with Gasteiger partial charge in [0, 0.05) is 19.0 Å². The summed E-state index contributed by atoms with van der Waals surface area (Å²) in [4.78, 5) is 0. The minimum absolute atomic E-state index is 0.362. The molecule has 2 aromatic rings. The third kappa shape index (κ3) is 3.00. The van der Waals surface area contributed by atoms with Crippen LogP contribution in [0.4, 0.5) is 15.8 Å². The summed E-state index contributed by atoms with van der Waals surface area (Å²) in [6, 6.07) is 6.68. The van der Waals surface area contributed by atoms with Crippen LogP contribution >= 0.6 is 15.9 Å². The highest BCUT2D eigenvalue weighted by Gasteiger charge is 2.05. The number of hydrogen-bond acceptors (Lipinski definition) is 3. The molecule has 0 unspecified atom stereocenters. The molecule has 0 saturated heterocycles. The average molecular weight is 299 g/mol. The summed E-state index contributed by atoms with van der Waals surface area (Å²) in [6.07, 6.45) is 2.39. The van der Waals surface area contributed by atoms with Gasteiger partial charge >= 0.3 is 0 Å². The predicted octanol–water partition coefficient (Wildman–Crippen LogP) is 3.42. The van der Waals surface area contributed by atoms with Crippen molar-refractivity contribution in [1.82, 2.24) is 0 Å². The molecule has 0 radical (unpaired) electrons. The van der Waals surface area contributed by atoms with E-state index in [1.165, 1.54) is 6.07 Å². The molecule has 1 heterocycles. The number of nitrogens with one attached hydrogen (secondary N) is 1.